The molecule has 0 aliphatic heterocycles. The molecular weight excluding hydrogens is 354 g/mol. The highest BCUT2D eigenvalue weighted by Crippen LogP contribution is 2.29. The molecule has 3 atom stereocenters. The van der Waals surface area contributed by atoms with Crippen LogP contribution in [0.25, 0.3) is 11.0 Å². The molecule has 5 heteroatoms. The van der Waals surface area contributed by atoms with Crippen molar-refractivity contribution < 1.29 is 19.1 Å². The predicted molar refractivity (Wildman–Crippen MR) is 108 cm³/mol. The van der Waals surface area contributed by atoms with Gasteiger partial charge in [-0.2, -0.15) is 0 Å². The van der Waals surface area contributed by atoms with Crippen molar-refractivity contribution in [2.75, 3.05) is 7.05 Å². The van der Waals surface area contributed by atoms with Gasteiger partial charge in [0.2, 0.25) is 0 Å². The molecule has 1 aromatic heterocycles. The number of rotatable bonds is 4. The van der Waals surface area contributed by atoms with Crippen LogP contribution in [0.1, 0.15) is 35.4 Å². The highest BCUT2D eigenvalue weighted by molar-refractivity contribution is 5.96. The van der Waals surface area contributed by atoms with Gasteiger partial charge >= 0.3 is 0 Å². The number of aliphatic hydroxyl groups is 1. The quantitative estimate of drug-likeness (QED) is 0.739. The average Bonchev–Trinajstić information content (AvgIpc) is 3.12. The number of hydrogen-bond donors (Lipinski definition) is 1. The third-order valence-electron chi connectivity index (χ3n) is 5.49. The Balaban J connectivity index is 1.50. The van der Waals surface area contributed by atoms with E-state index in [0.717, 1.165) is 36.0 Å². The average molecular weight is 379 g/mol. The minimum Gasteiger partial charge on any atom is -0.488 e. The van der Waals surface area contributed by atoms with Gasteiger partial charge < -0.3 is 19.2 Å². The van der Waals surface area contributed by atoms with Crippen molar-refractivity contribution in [1.82, 2.24) is 4.90 Å². The van der Waals surface area contributed by atoms with Gasteiger partial charge in [-0.1, -0.05) is 29.8 Å². The van der Waals surface area contributed by atoms with Gasteiger partial charge in [0, 0.05) is 12.4 Å². The molecule has 1 heterocycles. The molecule has 28 heavy (non-hydrogen) atoms. The molecule has 1 N–H and O–H groups in total. The van der Waals surface area contributed by atoms with Crippen LogP contribution in [-0.2, 0) is 0 Å². The zero-order chi connectivity index (χ0) is 19.7. The van der Waals surface area contributed by atoms with Crippen LogP contribution in [0.3, 0.4) is 0 Å². The Kier molecular flexibility index (Phi) is 5.09. The number of furan rings is 1. The highest BCUT2D eigenvalue weighted by atomic mass is 16.5. The summed E-state index contributed by atoms with van der Waals surface area (Å²) in [7, 11) is 1.72. The fourth-order valence-electron chi connectivity index (χ4n) is 3.94. The summed E-state index contributed by atoms with van der Waals surface area (Å²) < 4.78 is 11.7. The van der Waals surface area contributed by atoms with Crippen LogP contribution >= 0.6 is 0 Å². The largest absolute Gasteiger partial charge is 0.488 e. The summed E-state index contributed by atoms with van der Waals surface area (Å²) in [5.41, 5.74) is 1.81. The molecule has 1 aliphatic carbocycles. The standard InChI is InChI=1S/C23H25NO4/c1-15-11-12-19-16(13-15)14-21(28-19)23(26)24(2)18-9-6-10-20(22(18)25)27-17-7-4-3-5-8-17/h3-5,7-8,11-14,18,20,22,25H,6,9-10H2,1-2H3/t18-,20-,22-/m1/s1. The number of carbonyl (C=O) groups excluding carboxylic acids is 1. The first-order valence-corrected chi connectivity index (χ1v) is 9.70. The SMILES string of the molecule is Cc1ccc2oc(C(=O)N(C)[C@@H]3CCC[C@@H](Oc4ccccc4)[C@@H]3O)cc2c1. The molecule has 3 aromatic rings. The van der Waals surface area contributed by atoms with E-state index in [2.05, 4.69) is 0 Å². The molecule has 4 rings (SSSR count). The highest BCUT2D eigenvalue weighted by Gasteiger charge is 2.38. The third kappa shape index (κ3) is 3.62. The number of carbonyl (C=O) groups is 1. The van der Waals surface area contributed by atoms with E-state index in [1.807, 2.05) is 55.5 Å². The van der Waals surface area contributed by atoms with Crippen molar-refractivity contribution in [3.8, 4) is 5.75 Å². The molecule has 0 radical (unpaired) electrons. The third-order valence-corrected chi connectivity index (χ3v) is 5.49. The van der Waals surface area contributed by atoms with E-state index < -0.39 is 6.10 Å². The second-order valence-electron chi connectivity index (χ2n) is 7.53. The monoisotopic (exact) mass is 379 g/mol. The zero-order valence-electron chi connectivity index (χ0n) is 16.2. The number of likely N-dealkylation sites (N-methyl/N-ethyl adjacent to an activating group) is 1. The summed E-state index contributed by atoms with van der Waals surface area (Å²) in [6.45, 7) is 2.01. The first-order chi connectivity index (χ1) is 13.5. The second kappa shape index (κ2) is 7.68. The normalized spacial score (nSPS) is 22.2. The summed E-state index contributed by atoms with van der Waals surface area (Å²) in [6, 6.07) is 16.8. The summed E-state index contributed by atoms with van der Waals surface area (Å²) >= 11 is 0. The van der Waals surface area contributed by atoms with E-state index in [1.165, 1.54) is 0 Å². The number of hydrogen-bond acceptors (Lipinski definition) is 4. The second-order valence-corrected chi connectivity index (χ2v) is 7.53. The lowest BCUT2D eigenvalue weighted by molar-refractivity contribution is -0.0417. The Morgan fingerprint density at radius 2 is 1.93 bits per heavy atom. The molecule has 1 amide bonds. The fraction of sp³-hybridized carbons (Fsp3) is 0.348. The Hall–Kier alpha value is -2.79. The molecule has 1 fully saturated rings. The van der Waals surface area contributed by atoms with Crippen LogP contribution in [-0.4, -0.2) is 41.2 Å². The van der Waals surface area contributed by atoms with Crippen LogP contribution in [0.2, 0.25) is 0 Å². The van der Waals surface area contributed by atoms with Gasteiger partial charge in [0.25, 0.3) is 5.91 Å². The minimum atomic E-state index is -0.755. The zero-order valence-corrected chi connectivity index (χ0v) is 16.2. The predicted octanol–water partition coefficient (Wildman–Crippen LogP) is 4.17. The van der Waals surface area contributed by atoms with Crippen molar-refractivity contribution >= 4 is 16.9 Å². The van der Waals surface area contributed by atoms with Gasteiger partial charge in [-0.05, 0) is 56.5 Å². The molecule has 0 spiro atoms. The van der Waals surface area contributed by atoms with Crippen LogP contribution in [0.15, 0.2) is 59.0 Å². The van der Waals surface area contributed by atoms with Crippen molar-refractivity contribution in [2.24, 2.45) is 0 Å². The lowest BCUT2D eigenvalue weighted by Gasteiger charge is -2.39. The maximum Gasteiger partial charge on any atom is 0.289 e. The molecule has 5 nitrogen and oxygen atoms in total. The smallest absolute Gasteiger partial charge is 0.289 e. The van der Waals surface area contributed by atoms with Crippen LogP contribution in [0.4, 0.5) is 0 Å². The van der Waals surface area contributed by atoms with Crippen molar-refractivity contribution in [3.05, 3.63) is 65.9 Å². The van der Waals surface area contributed by atoms with Gasteiger partial charge in [0.1, 0.15) is 23.5 Å². The lowest BCUT2D eigenvalue weighted by Crippen LogP contribution is -2.53. The van der Waals surface area contributed by atoms with E-state index in [0.29, 0.717) is 11.3 Å². The molecule has 1 aliphatic rings. The number of fused-ring (bicyclic) bond motifs is 1. The van der Waals surface area contributed by atoms with Crippen LogP contribution < -0.4 is 4.74 Å². The number of nitrogens with zero attached hydrogens (tertiary/aromatic N) is 1. The Morgan fingerprint density at radius 1 is 1.14 bits per heavy atom. The minimum absolute atomic E-state index is 0.224. The summed E-state index contributed by atoms with van der Waals surface area (Å²) in [4.78, 5) is 14.6. The first kappa shape index (κ1) is 18.6. The maximum atomic E-state index is 13.0. The number of para-hydroxylation sites is 1. The van der Waals surface area contributed by atoms with Crippen LogP contribution in [0.5, 0.6) is 5.75 Å². The van der Waals surface area contributed by atoms with E-state index in [1.54, 1.807) is 18.0 Å². The van der Waals surface area contributed by atoms with Crippen LogP contribution in [0, 0.1) is 6.92 Å². The Morgan fingerprint density at radius 3 is 2.71 bits per heavy atom. The maximum absolute atomic E-state index is 13.0. The van der Waals surface area contributed by atoms with E-state index in [4.69, 9.17) is 9.15 Å². The van der Waals surface area contributed by atoms with Gasteiger partial charge in [0.05, 0.1) is 6.04 Å². The number of amides is 1. The van der Waals surface area contributed by atoms with Crippen molar-refractivity contribution in [2.45, 2.75) is 44.4 Å². The molecule has 2 aromatic carbocycles. The van der Waals surface area contributed by atoms with Gasteiger partial charge in [-0.3, -0.25) is 4.79 Å². The topological polar surface area (TPSA) is 62.9 Å². The molecule has 1 saturated carbocycles. The first-order valence-electron chi connectivity index (χ1n) is 9.70. The number of ether oxygens (including phenoxy) is 1. The van der Waals surface area contributed by atoms with Gasteiger partial charge in [-0.25, -0.2) is 0 Å². The van der Waals surface area contributed by atoms with E-state index in [9.17, 15) is 9.90 Å². The summed E-state index contributed by atoms with van der Waals surface area (Å²) in [6.07, 6.45) is 1.29. The number of aliphatic hydroxyl groups excluding tert-OH is 1. The summed E-state index contributed by atoms with van der Waals surface area (Å²) in [5.74, 6) is 0.800. The molecule has 0 unspecified atom stereocenters. The molecular formula is C23H25NO4. The molecule has 0 saturated heterocycles. The van der Waals surface area contributed by atoms with E-state index in [-0.39, 0.29) is 18.1 Å². The fourth-order valence-corrected chi connectivity index (χ4v) is 3.94. The lowest BCUT2D eigenvalue weighted by atomic mass is 9.88. The Labute approximate surface area is 164 Å². The van der Waals surface area contributed by atoms with Gasteiger partial charge in [0.15, 0.2) is 5.76 Å². The Bertz CT molecular complexity index is 965. The number of aryl methyl sites for hydroxylation is 1. The molecule has 146 valence electrons. The van der Waals surface area contributed by atoms with Crippen molar-refractivity contribution in [3.63, 3.8) is 0 Å². The summed E-state index contributed by atoms with van der Waals surface area (Å²) in [5, 5.41) is 11.8. The van der Waals surface area contributed by atoms with Gasteiger partial charge in [-0.15, -0.1) is 0 Å². The molecule has 0 bridgehead atoms. The van der Waals surface area contributed by atoms with Crippen molar-refractivity contribution in [1.29, 1.82) is 0 Å². The number of benzene rings is 2. The van der Waals surface area contributed by atoms with E-state index >= 15 is 0 Å².